The summed E-state index contributed by atoms with van der Waals surface area (Å²) < 4.78 is 5.16. The van der Waals surface area contributed by atoms with Crippen LogP contribution in [0.5, 0.6) is 0 Å². The van der Waals surface area contributed by atoms with Crippen LogP contribution >= 0.6 is 11.3 Å². The van der Waals surface area contributed by atoms with Crippen LogP contribution < -0.4 is 10.6 Å². The van der Waals surface area contributed by atoms with Crippen molar-refractivity contribution in [3.8, 4) is 11.3 Å². The van der Waals surface area contributed by atoms with Gasteiger partial charge < -0.3 is 20.5 Å². The van der Waals surface area contributed by atoms with Crippen LogP contribution in [-0.2, 0) is 9.53 Å². The van der Waals surface area contributed by atoms with Crippen molar-refractivity contribution in [1.82, 2.24) is 10.3 Å². The molecule has 0 radical (unpaired) electrons. The molecule has 1 aromatic carbocycles. The number of aromatic nitrogens is 1. The predicted molar refractivity (Wildman–Crippen MR) is 92.1 cm³/mol. The molecular formula is C16H17N3O4S. The highest BCUT2D eigenvalue weighted by atomic mass is 32.1. The van der Waals surface area contributed by atoms with Gasteiger partial charge in [0.25, 0.3) is 5.91 Å². The number of hydrogen-bond donors (Lipinski definition) is 3. The number of anilines is 1. The van der Waals surface area contributed by atoms with Crippen molar-refractivity contribution in [2.75, 3.05) is 18.5 Å². The molecule has 3 N–H and O–H groups in total. The van der Waals surface area contributed by atoms with Crippen molar-refractivity contribution in [3.63, 3.8) is 0 Å². The molecule has 2 amide bonds. The number of rotatable bonds is 8. The highest BCUT2D eigenvalue weighted by Gasteiger charge is 2.22. The Morgan fingerprint density at radius 1 is 1.38 bits per heavy atom. The molecule has 24 heavy (non-hydrogen) atoms. The molecule has 0 aliphatic rings. The van der Waals surface area contributed by atoms with Gasteiger partial charge in [0, 0.05) is 10.9 Å². The SMILES string of the molecule is C=CCOC[C@H](NC(=O)O)C(=O)Nc1nc(-c2ccccc2)cs1. The van der Waals surface area contributed by atoms with E-state index in [1.807, 2.05) is 35.7 Å². The Morgan fingerprint density at radius 3 is 2.79 bits per heavy atom. The predicted octanol–water partition coefficient (Wildman–Crippen LogP) is 2.59. The molecular weight excluding hydrogens is 330 g/mol. The second kappa shape index (κ2) is 8.80. The van der Waals surface area contributed by atoms with Crippen molar-refractivity contribution in [1.29, 1.82) is 0 Å². The van der Waals surface area contributed by atoms with Crippen LogP contribution in [-0.4, -0.2) is 41.3 Å². The van der Waals surface area contributed by atoms with Gasteiger partial charge in [0.15, 0.2) is 5.13 Å². The first-order valence-electron chi connectivity index (χ1n) is 7.10. The molecule has 0 saturated carbocycles. The van der Waals surface area contributed by atoms with E-state index in [-0.39, 0.29) is 13.2 Å². The van der Waals surface area contributed by atoms with Crippen molar-refractivity contribution < 1.29 is 19.4 Å². The number of ether oxygens (including phenoxy) is 1. The van der Waals surface area contributed by atoms with Crippen LogP contribution in [0.15, 0.2) is 48.4 Å². The van der Waals surface area contributed by atoms with E-state index in [2.05, 4.69) is 22.2 Å². The third-order valence-electron chi connectivity index (χ3n) is 2.94. The number of amides is 2. The summed E-state index contributed by atoms with van der Waals surface area (Å²) in [7, 11) is 0. The number of carbonyl (C=O) groups is 2. The van der Waals surface area contributed by atoms with Crippen LogP contribution in [0.3, 0.4) is 0 Å². The maximum atomic E-state index is 12.2. The van der Waals surface area contributed by atoms with E-state index in [1.165, 1.54) is 17.4 Å². The molecule has 0 unspecified atom stereocenters. The minimum Gasteiger partial charge on any atom is -0.465 e. The van der Waals surface area contributed by atoms with Crippen LogP contribution in [0.1, 0.15) is 0 Å². The molecule has 1 atom stereocenters. The highest BCUT2D eigenvalue weighted by Crippen LogP contribution is 2.24. The largest absolute Gasteiger partial charge is 0.465 e. The first-order valence-corrected chi connectivity index (χ1v) is 7.98. The Morgan fingerprint density at radius 2 is 2.12 bits per heavy atom. The highest BCUT2D eigenvalue weighted by molar-refractivity contribution is 7.14. The summed E-state index contributed by atoms with van der Waals surface area (Å²) in [6, 6.07) is 8.50. The van der Waals surface area contributed by atoms with E-state index in [1.54, 1.807) is 0 Å². The molecule has 1 heterocycles. The molecule has 0 fully saturated rings. The maximum absolute atomic E-state index is 12.2. The molecule has 0 spiro atoms. The molecule has 2 aromatic rings. The molecule has 8 heteroatoms. The Bertz CT molecular complexity index is 702. The van der Waals surface area contributed by atoms with Crippen molar-refractivity contribution in [2.45, 2.75) is 6.04 Å². The van der Waals surface area contributed by atoms with E-state index in [0.717, 1.165) is 11.3 Å². The van der Waals surface area contributed by atoms with Crippen LogP contribution in [0.25, 0.3) is 11.3 Å². The summed E-state index contributed by atoms with van der Waals surface area (Å²) in [4.78, 5) is 27.4. The quantitative estimate of drug-likeness (QED) is 0.503. The van der Waals surface area contributed by atoms with Crippen molar-refractivity contribution >= 4 is 28.5 Å². The average Bonchev–Trinajstić information content (AvgIpc) is 3.03. The molecule has 0 aliphatic heterocycles. The zero-order chi connectivity index (χ0) is 17.4. The molecule has 2 rings (SSSR count). The number of carboxylic acid groups (broad SMARTS) is 1. The Hall–Kier alpha value is -2.71. The number of nitrogens with one attached hydrogen (secondary N) is 2. The zero-order valence-corrected chi connectivity index (χ0v) is 13.6. The molecule has 1 aromatic heterocycles. The normalized spacial score (nSPS) is 11.5. The zero-order valence-electron chi connectivity index (χ0n) is 12.8. The van der Waals surface area contributed by atoms with Gasteiger partial charge in [-0.2, -0.15) is 0 Å². The van der Waals surface area contributed by atoms with E-state index in [9.17, 15) is 9.59 Å². The van der Waals surface area contributed by atoms with Gasteiger partial charge in [0.05, 0.1) is 18.9 Å². The van der Waals surface area contributed by atoms with Crippen molar-refractivity contribution in [2.24, 2.45) is 0 Å². The molecule has 0 bridgehead atoms. The summed E-state index contributed by atoms with van der Waals surface area (Å²) in [6.07, 6.45) is 0.212. The second-order valence-corrected chi connectivity index (χ2v) is 5.58. The minimum atomic E-state index is -1.30. The first kappa shape index (κ1) is 17.6. The number of thiazole rings is 1. The number of hydrogen-bond acceptors (Lipinski definition) is 5. The fourth-order valence-corrected chi connectivity index (χ4v) is 2.59. The van der Waals surface area contributed by atoms with Crippen LogP contribution in [0.4, 0.5) is 9.93 Å². The lowest BCUT2D eigenvalue weighted by Crippen LogP contribution is -2.46. The molecule has 126 valence electrons. The monoisotopic (exact) mass is 347 g/mol. The third kappa shape index (κ3) is 5.18. The Labute approximate surface area is 143 Å². The lowest BCUT2D eigenvalue weighted by atomic mass is 10.2. The van der Waals surface area contributed by atoms with E-state index in [0.29, 0.717) is 5.13 Å². The topological polar surface area (TPSA) is 101 Å². The number of carbonyl (C=O) groups excluding carboxylic acids is 1. The maximum Gasteiger partial charge on any atom is 0.405 e. The average molecular weight is 347 g/mol. The summed E-state index contributed by atoms with van der Waals surface area (Å²) in [5, 5.41) is 15.8. The Balaban J connectivity index is 2.02. The summed E-state index contributed by atoms with van der Waals surface area (Å²) >= 11 is 1.26. The van der Waals surface area contributed by atoms with Gasteiger partial charge in [-0.25, -0.2) is 9.78 Å². The van der Waals surface area contributed by atoms with Gasteiger partial charge in [0.1, 0.15) is 6.04 Å². The Kier molecular flexibility index (Phi) is 6.47. The minimum absolute atomic E-state index is 0.0962. The molecule has 0 aliphatic carbocycles. The smallest absolute Gasteiger partial charge is 0.405 e. The van der Waals surface area contributed by atoms with Gasteiger partial charge in [-0.15, -0.1) is 17.9 Å². The molecule has 7 nitrogen and oxygen atoms in total. The van der Waals surface area contributed by atoms with Crippen LogP contribution in [0, 0.1) is 0 Å². The lowest BCUT2D eigenvalue weighted by Gasteiger charge is -2.15. The van der Waals surface area contributed by atoms with Crippen molar-refractivity contribution in [3.05, 3.63) is 48.4 Å². The van der Waals surface area contributed by atoms with Crippen LogP contribution in [0.2, 0.25) is 0 Å². The van der Waals surface area contributed by atoms with E-state index in [4.69, 9.17) is 9.84 Å². The third-order valence-corrected chi connectivity index (χ3v) is 3.70. The first-order chi connectivity index (χ1) is 11.6. The summed E-state index contributed by atoms with van der Waals surface area (Å²) in [6.45, 7) is 3.62. The van der Waals surface area contributed by atoms with E-state index < -0.39 is 18.0 Å². The standard InChI is InChI=1S/C16H17N3O4S/c1-2-8-23-9-12(18-16(21)22)14(20)19-15-17-13(10-24-15)11-6-4-3-5-7-11/h2-7,10,12,18H,1,8-9H2,(H,21,22)(H,17,19,20)/t12-/m0/s1. The van der Waals surface area contributed by atoms with Gasteiger partial charge in [0.2, 0.25) is 0 Å². The summed E-state index contributed by atoms with van der Waals surface area (Å²) in [5.41, 5.74) is 1.67. The fourth-order valence-electron chi connectivity index (χ4n) is 1.87. The fraction of sp³-hybridized carbons (Fsp3) is 0.188. The molecule has 0 saturated heterocycles. The second-order valence-electron chi connectivity index (χ2n) is 4.72. The van der Waals surface area contributed by atoms with Gasteiger partial charge >= 0.3 is 6.09 Å². The lowest BCUT2D eigenvalue weighted by molar-refractivity contribution is -0.119. The number of nitrogens with zero attached hydrogens (tertiary/aromatic N) is 1. The van der Waals surface area contributed by atoms with Gasteiger partial charge in [-0.3, -0.25) is 4.79 Å². The number of benzene rings is 1. The van der Waals surface area contributed by atoms with Gasteiger partial charge in [-0.1, -0.05) is 36.4 Å². The van der Waals surface area contributed by atoms with Gasteiger partial charge in [-0.05, 0) is 0 Å². The summed E-state index contributed by atoms with van der Waals surface area (Å²) in [5.74, 6) is -0.532. The van der Waals surface area contributed by atoms with E-state index >= 15 is 0 Å².